The van der Waals surface area contributed by atoms with E-state index in [0.717, 1.165) is 22.0 Å². The third kappa shape index (κ3) is 4.64. The standard InChI is InChI=1S/C22H25N3O2S/c1-15-8-7-9-18(12-15)13-25(16(2)14-27-4)22(26)20-17(3)24-21(28-20)19-10-5-6-11-23-19/h5-12,16H,13-14H2,1-4H3. The van der Waals surface area contributed by atoms with Gasteiger partial charge in [0.2, 0.25) is 0 Å². The van der Waals surface area contributed by atoms with Gasteiger partial charge in [-0.2, -0.15) is 0 Å². The Kier molecular flexibility index (Phi) is 6.54. The quantitative estimate of drug-likeness (QED) is 0.591. The van der Waals surface area contributed by atoms with E-state index in [1.54, 1.807) is 13.3 Å². The summed E-state index contributed by atoms with van der Waals surface area (Å²) in [7, 11) is 1.66. The number of carbonyl (C=O) groups is 1. The molecular formula is C22H25N3O2S. The minimum atomic E-state index is -0.0576. The van der Waals surface area contributed by atoms with E-state index in [1.807, 2.05) is 49.1 Å². The van der Waals surface area contributed by atoms with Crippen LogP contribution in [0, 0.1) is 13.8 Å². The van der Waals surface area contributed by atoms with Crippen molar-refractivity contribution in [2.75, 3.05) is 13.7 Å². The monoisotopic (exact) mass is 395 g/mol. The van der Waals surface area contributed by atoms with Gasteiger partial charge in [0.1, 0.15) is 9.88 Å². The summed E-state index contributed by atoms with van der Waals surface area (Å²) in [6, 6.07) is 13.9. The second kappa shape index (κ2) is 9.08. The van der Waals surface area contributed by atoms with E-state index in [9.17, 15) is 4.79 Å². The fraction of sp³-hybridized carbons (Fsp3) is 0.318. The van der Waals surface area contributed by atoms with Gasteiger partial charge in [-0.1, -0.05) is 35.9 Å². The van der Waals surface area contributed by atoms with Crippen LogP contribution in [0.25, 0.3) is 10.7 Å². The summed E-state index contributed by atoms with van der Waals surface area (Å²) in [6.07, 6.45) is 1.73. The summed E-state index contributed by atoms with van der Waals surface area (Å²) in [6.45, 7) is 6.94. The van der Waals surface area contributed by atoms with Crippen LogP contribution in [0.4, 0.5) is 0 Å². The molecule has 3 rings (SSSR count). The Balaban J connectivity index is 1.91. The van der Waals surface area contributed by atoms with Crippen molar-refractivity contribution in [2.24, 2.45) is 0 Å². The maximum atomic E-state index is 13.4. The Labute approximate surface area is 170 Å². The Morgan fingerprint density at radius 2 is 2.04 bits per heavy atom. The van der Waals surface area contributed by atoms with Crippen LogP contribution in [-0.4, -0.2) is 40.5 Å². The lowest BCUT2D eigenvalue weighted by molar-refractivity contribution is 0.0546. The number of ether oxygens (including phenoxy) is 1. The van der Waals surface area contributed by atoms with Gasteiger partial charge in [0.15, 0.2) is 0 Å². The molecule has 0 saturated heterocycles. The summed E-state index contributed by atoms with van der Waals surface area (Å²) in [5, 5.41) is 0.761. The van der Waals surface area contributed by atoms with Crippen molar-refractivity contribution in [1.29, 1.82) is 0 Å². The van der Waals surface area contributed by atoms with Crippen molar-refractivity contribution >= 4 is 17.2 Å². The second-order valence-corrected chi connectivity index (χ2v) is 7.87. The first kappa shape index (κ1) is 20.2. The number of thiazole rings is 1. The first-order valence-electron chi connectivity index (χ1n) is 9.24. The molecule has 1 aromatic carbocycles. The van der Waals surface area contributed by atoms with Gasteiger partial charge < -0.3 is 9.64 Å². The maximum Gasteiger partial charge on any atom is 0.266 e. The Morgan fingerprint density at radius 3 is 2.71 bits per heavy atom. The number of rotatable bonds is 7. The zero-order valence-corrected chi connectivity index (χ0v) is 17.5. The van der Waals surface area contributed by atoms with Crippen LogP contribution in [0.2, 0.25) is 0 Å². The summed E-state index contributed by atoms with van der Waals surface area (Å²) >= 11 is 1.39. The normalized spacial score (nSPS) is 12.0. The van der Waals surface area contributed by atoms with E-state index in [-0.39, 0.29) is 11.9 Å². The number of hydrogen-bond donors (Lipinski definition) is 0. The van der Waals surface area contributed by atoms with Gasteiger partial charge in [-0.25, -0.2) is 4.98 Å². The van der Waals surface area contributed by atoms with Crippen molar-refractivity contribution in [1.82, 2.24) is 14.9 Å². The molecule has 0 aliphatic carbocycles. The molecule has 2 heterocycles. The number of hydrogen-bond acceptors (Lipinski definition) is 5. The molecule has 0 aliphatic rings. The number of aryl methyl sites for hydroxylation is 2. The molecule has 0 saturated carbocycles. The minimum Gasteiger partial charge on any atom is -0.383 e. The molecule has 3 aromatic rings. The highest BCUT2D eigenvalue weighted by Gasteiger charge is 2.26. The van der Waals surface area contributed by atoms with E-state index in [0.29, 0.717) is 18.0 Å². The lowest BCUT2D eigenvalue weighted by atomic mass is 10.1. The van der Waals surface area contributed by atoms with E-state index >= 15 is 0 Å². The fourth-order valence-corrected chi connectivity index (χ4v) is 4.09. The number of aromatic nitrogens is 2. The molecule has 0 fully saturated rings. The molecule has 1 unspecified atom stereocenters. The topological polar surface area (TPSA) is 55.3 Å². The molecule has 5 nitrogen and oxygen atoms in total. The number of pyridine rings is 1. The zero-order valence-electron chi connectivity index (χ0n) is 16.7. The highest BCUT2D eigenvalue weighted by Crippen LogP contribution is 2.28. The molecule has 0 N–H and O–H groups in total. The highest BCUT2D eigenvalue weighted by atomic mass is 32.1. The van der Waals surface area contributed by atoms with Gasteiger partial charge in [-0.15, -0.1) is 11.3 Å². The summed E-state index contributed by atoms with van der Waals surface area (Å²) in [5.74, 6) is -0.0248. The number of carbonyl (C=O) groups excluding carboxylic acids is 1. The lowest BCUT2D eigenvalue weighted by Crippen LogP contribution is -2.40. The van der Waals surface area contributed by atoms with Gasteiger partial charge in [-0.3, -0.25) is 9.78 Å². The Morgan fingerprint density at radius 1 is 1.21 bits per heavy atom. The molecule has 0 spiro atoms. The average molecular weight is 396 g/mol. The predicted octanol–water partition coefficient (Wildman–Crippen LogP) is 4.50. The lowest BCUT2D eigenvalue weighted by Gasteiger charge is -2.29. The van der Waals surface area contributed by atoms with Crippen molar-refractivity contribution in [2.45, 2.75) is 33.4 Å². The van der Waals surface area contributed by atoms with Crippen molar-refractivity contribution in [3.63, 3.8) is 0 Å². The minimum absolute atomic E-state index is 0.0248. The van der Waals surface area contributed by atoms with Crippen LogP contribution in [0.5, 0.6) is 0 Å². The summed E-state index contributed by atoms with van der Waals surface area (Å²) in [5.41, 5.74) is 3.79. The third-order valence-corrected chi connectivity index (χ3v) is 5.68. The van der Waals surface area contributed by atoms with Gasteiger partial charge in [0.05, 0.1) is 24.0 Å². The van der Waals surface area contributed by atoms with Crippen LogP contribution in [0.1, 0.15) is 33.4 Å². The van der Waals surface area contributed by atoms with Gasteiger partial charge in [-0.05, 0) is 38.5 Å². The predicted molar refractivity (Wildman–Crippen MR) is 112 cm³/mol. The van der Waals surface area contributed by atoms with Crippen LogP contribution in [-0.2, 0) is 11.3 Å². The second-order valence-electron chi connectivity index (χ2n) is 6.88. The van der Waals surface area contributed by atoms with Crippen molar-refractivity contribution in [3.8, 4) is 10.7 Å². The van der Waals surface area contributed by atoms with E-state index in [2.05, 4.69) is 29.0 Å². The molecule has 28 heavy (non-hydrogen) atoms. The van der Waals surface area contributed by atoms with Gasteiger partial charge in [0, 0.05) is 19.9 Å². The molecular weight excluding hydrogens is 370 g/mol. The molecule has 1 atom stereocenters. The van der Waals surface area contributed by atoms with Gasteiger partial charge in [0.25, 0.3) is 5.91 Å². The number of amides is 1. The Bertz CT molecular complexity index is 940. The zero-order chi connectivity index (χ0) is 20.1. The molecule has 146 valence electrons. The van der Waals surface area contributed by atoms with Crippen LogP contribution < -0.4 is 0 Å². The maximum absolute atomic E-state index is 13.4. The molecule has 0 bridgehead atoms. The van der Waals surface area contributed by atoms with Crippen molar-refractivity contribution in [3.05, 3.63) is 70.4 Å². The average Bonchev–Trinajstić information content (AvgIpc) is 3.08. The van der Waals surface area contributed by atoms with Crippen LogP contribution in [0.3, 0.4) is 0 Å². The molecule has 0 radical (unpaired) electrons. The number of nitrogens with zero attached hydrogens (tertiary/aromatic N) is 3. The largest absolute Gasteiger partial charge is 0.383 e. The number of benzene rings is 1. The van der Waals surface area contributed by atoms with E-state index in [1.165, 1.54) is 16.9 Å². The molecule has 6 heteroatoms. The SMILES string of the molecule is COCC(C)N(Cc1cccc(C)c1)C(=O)c1sc(-c2ccccn2)nc1C. The van der Waals surface area contributed by atoms with Crippen molar-refractivity contribution < 1.29 is 9.53 Å². The highest BCUT2D eigenvalue weighted by molar-refractivity contribution is 7.17. The van der Waals surface area contributed by atoms with E-state index < -0.39 is 0 Å². The number of methoxy groups -OCH3 is 1. The van der Waals surface area contributed by atoms with Crippen LogP contribution >= 0.6 is 11.3 Å². The molecule has 0 aliphatic heterocycles. The van der Waals surface area contributed by atoms with Gasteiger partial charge >= 0.3 is 0 Å². The molecule has 2 aromatic heterocycles. The fourth-order valence-electron chi connectivity index (χ4n) is 3.09. The Hall–Kier alpha value is -2.57. The van der Waals surface area contributed by atoms with Crippen LogP contribution in [0.15, 0.2) is 48.7 Å². The first-order chi connectivity index (χ1) is 13.5. The third-order valence-electron chi connectivity index (χ3n) is 4.51. The summed E-state index contributed by atoms with van der Waals surface area (Å²) < 4.78 is 5.32. The first-order valence-corrected chi connectivity index (χ1v) is 10.1. The van der Waals surface area contributed by atoms with E-state index in [4.69, 9.17) is 4.74 Å². The summed E-state index contributed by atoms with van der Waals surface area (Å²) in [4.78, 5) is 24.9. The molecule has 1 amide bonds. The smallest absolute Gasteiger partial charge is 0.266 e.